The van der Waals surface area contributed by atoms with Crippen molar-refractivity contribution in [1.29, 1.82) is 0 Å². The summed E-state index contributed by atoms with van der Waals surface area (Å²) in [4.78, 5) is 6.49. The molecule has 74 valence electrons. The van der Waals surface area contributed by atoms with E-state index < -0.39 is 0 Å². The Balaban J connectivity index is 2.36. The number of nitrogens with zero attached hydrogens (tertiary/aromatic N) is 3. The van der Waals surface area contributed by atoms with Crippen molar-refractivity contribution in [2.75, 3.05) is 20.6 Å². The summed E-state index contributed by atoms with van der Waals surface area (Å²) in [7, 11) is 4.21. The number of rotatable bonds is 5. The van der Waals surface area contributed by atoms with Crippen LogP contribution in [-0.2, 0) is 13.0 Å². The van der Waals surface area contributed by atoms with E-state index in [0.29, 0.717) is 0 Å². The van der Waals surface area contributed by atoms with Gasteiger partial charge in [-0.15, -0.1) is 0 Å². The van der Waals surface area contributed by atoms with Gasteiger partial charge in [0.2, 0.25) is 0 Å². The molecule has 0 unspecified atom stereocenters. The van der Waals surface area contributed by atoms with Crippen LogP contribution < -0.4 is 0 Å². The van der Waals surface area contributed by atoms with Crippen LogP contribution in [-0.4, -0.2) is 35.1 Å². The summed E-state index contributed by atoms with van der Waals surface area (Å²) < 4.78 is 2.24. The summed E-state index contributed by atoms with van der Waals surface area (Å²) in [5.74, 6) is 1.19. The summed E-state index contributed by atoms with van der Waals surface area (Å²) in [5, 5.41) is 0. The number of imidazole rings is 1. The van der Waals surface area contributed by atoms with E-state index in [-0.39, 0.29) is 0 Å². The number of aromatic nitrogens is 2. The molecule has 0 bridgehead atoms. The molecule has 3 nitrogen and oxygen atoms in total. The molecule has 1 rings (SSSR count). The fraction of sp³-hybridized carbons (Fsp3) is 0.700. The van der Waals surface area contributed by atoms with Crippen molar-refractivity contribution in [2.45, 2.75) is 26.3 Å². The van der Waals surface area contributed by atoms with Gasteiger partial charge in [0.15, 0.2) is 0 Å². The molecule has 0 fully saturated rings. The first-order valence-electron chi connectivity index (χ1n) is 4.88. The van der Waals surface area contributed by atoms with Gasteiger partial charge in [-0.1, -0.05) is 6.92 Å². The molecule has 0 N–H and O–H groups in total. The van der Waals surface area contributed by atoms with Gasteiger partial charge >= 0.3 is 0 Å². The van der Waals surface area contributed by atoms with Gasteiger partial charge in [-0.25, -0.2) is 4.98 Å². The third-order valence-electron chi connectivity index (χ3n) is 2.12. The van der Waals surface area contributed by atoms with Crippen LogP contribution in [0.1, 0.15) is 19.2 Å². The molecule has 1 heterocycles. The summed E-state index contributed by atoms with van der Waals surface area (Å²) in [6.07, 6.45) is 6.16. The Hall–Kier alpha value is -0.830. The molecule has 0 aliphatic carbocycles. The van der Waals surface area contributed by atoms with E-state index in [2.05, 4.69) is 41.7 Å². The first kappa shape index (κ1) is 10.3. The Bertz CT molecular complexity index is 240. The van der Waals surface area contributed by atoms with E-state index in [4.69, 9.17) is 0 Å². The Morgan fingerprint density at radius 1 is 1.46 bits per heavy atom. The van der Waals surface area contributed by atoms with Gasteiger partial charge < -0.3 is 9.47 Å². The van der Waals surface area contributed by atoms with E-state index in [1.54, 1.807) is 0 Å². The van der Waals surface area contributed by atoms with Crippen molar-refractivity contribution in [1.82, 2.24) is 14.5 Å². The average molecular weight is 181 g/mol. The van der Waals surface area contributed by atoms with Crippen LogP contribution in [0.4, 0.5) is 0 Å². The maximum atomic E-state index is 4.28. The molecular formula is C10H19N3. The van der Waals surface area contributed by atoms with Crippen LogP contribution in [0.5, 0.6) is 0 Å². The predicted octanol–water partition coefficient (Wildman–Crippen LogP) is 1.40. The lowest BCUT2D eigenvalue weighted by atomic mass is 10.4. The molecule has 0 radical (unpaired) electrons. The van der Waals surface area contributed by atoms with Crippen LogP contribution in [0, 0.1) is 0 Å². The molecule has 0 atom stereocenters. The minimum Gasteiger partial charge on any atom is -0.335 e. The highest BCUT2D eigenvalue weighted by atomic mass is 15.1. The Morgan fingerprint density at radius 3 is 2.85 bits per heavy atom. The summed E-state index contributed by atoms with van der Waals surface area (Å²) >= 11 is 0. The molecule has 0 aromatic carbocycles. The Labute approximate surface area is 80.4 Å². The maximum absolute atomic E-state index is 4.28. The predicted molar refractivity (Wildman–Crippen MR) is 54.8 cm³/mol. The van der Waals surface area contributed by atoms with E-state index in [0.717, 1.165) is 19.5 Å². The normalized spacial score (nSPS) is 11.1. The van der Waals surface area contributed by atoms with Crippen molar-refractivity contribution < 1.29 is 0 Å². The Morgan fingerprint density at radius 2 is 2.23 bits per heavy atom. The fourth-order valence-electron chi connectivity index (χ4n) is 1.42. The lowest BCUT2D eigenvalue weighted by molar-refractivity contribution is 0.385. The zero-order valence-corrected chi connectivity index (χ0v) is 8.82. The molecule has 0 spiro atoms. The first-order valence-corrected chi connectivity index (χ1v) is 4.88. The van der Waals surface area contributed by atoms with Gasteiger partial charge in [0.25, 0.3) is 0 Å². The highest BCUT2D eigenvalue weighted by molar-refractivity contribution is 4.91. The monoisotopic (exact) mass is 181 g/mol. The van der Waals surface area contributed by atoms with Gasteiger partial charge in [0.05, 0.1) is 0 Å². The van der Waals surface area contributed by atoms with Crippen molar-refractivity contribution in [3.63, 3.8) is 0 Å². The molecule has 1 aromatic rings. The average Bonchev–Trinajstić information content (AvgIpc) is 2.51. The molecule has 0 amide bonds. The highest BCUT2D eigenvalue weighted by Crippen LogP contribution is 2.00. The largest absolute Gasteiger partial charge is 0.335 e. The molecular weight excluding hydrogens is 162 g/mol. The second kappa shape index (κ2) is 5.02. The third-order valence-corrected chi connectivity index (χ3v) is 2.12. The number of hydrogen-bond acceptors (Lipinski definition) is 2. The van der Waals surface area contributed by atoms with Crippen molar-refractivity contribution in [3.05, 3.63) is 18.2 Å². The van der Waals surface area contributed by atoms with Crippen LogP contribution >= 0.6 is 0 Å². The van der Waals surface area contributed by atoms with E-state index in [1.807, 2.05) is 6.20 Å². The fourth-order valence-corrected chi connectivity index (χ4v) is 1.42. The lowest BCUT2D eigenvalue weighted by Crippen LogP contribution is -2.15. The second-order valence-corrected chi connectivity index (χ2v) is 3.55. The molecule has 0 saturated carbocycles. The molecule has 1 aromatic heterocycles. The zero-order valence-electron chi connectivity index (χ0n) is 8.82. The SMILES string of the molecule is CCc1nccn1CCCN(C)C. The lowest BCUT2D eigenvalue weighted by Gasteiger charge is -2.10. The Kier molecular flexibility index (Phi) is 3.96. The topological polar surface area (TPSA) is 21.1 Å². The van der Waals surface area contributed by atoms with E-state index in [1.165, 1.54) is 12.2 Å². The van der Waals surface area contributed by atoms with Crippen molar-refractivity contribution >= 4 is 0 Å². The molecule has 13 heavy (non-hydrogen) atoms. The third kappa shape index (κ3) is 3.19. The number of hydrogen-bond donors (Lipinski definition) is 0. The van der Waals surface area contributed by atoms with Crippen LogP contribution in [0.15, 0.2) is 12.4 Å². The summed E-state index contributed by atoms with van der Waals surface area (Å²) in [6.45, 7) is 4.37. The standard InChI is InChI=1S/C10H19N3/c1-4-10-11-6-9-13(10)8-5-7-12(2)3/h6,9H,4-5,7-8H2,1-3H3. The quantitative estimate of drug-likeness (QED) is 0.684. The first-order chi connectivity index (χ1) is 6.24. The van der Waals surface area contributed by atoms with Crippen LogP contribution in [0.2, 0.25) is 0 Å². The van der Waals surface area contributed by atoms with Gasteiger partial charge in [-0.05, 0) is 27.1 Å². The smallest absolute Gasteiger partial charge is 0.108 e. The molecule has 0 aliphatic heterocycles. The molecule has 0 saturated heterocycles. The maximum Gasteiger partial charge on any atom is 0.108 e. The van der Waals surface area contributed by atoms with E-state index in [9.17, 15) is 0 Å². The second-order valence-electron chi connectivity index (χ2n) is 3.55. The van der Waals surface area contributed by atoms with Crippen molar-refractivity contribution in [3.8, 4) is 0 Å². The van der Waals surface area contributed by atoms with Gasteiger partial charge in [-0.2, -0.15) is 0 Å². The van der Waals surface area contributed by atoms with Crippen LogP contribution in [0.25, 0.3) is 0 Å². The minimum atomic E-state index is 1.02. The van der Waals surface area contributed by atoms with Gasteiger partial charge in [0.1, 0.15) is 5.82 Å². The highest BCUT2D eigenvalue weighted by Gasteiger charge is 1.99. The minimum absolute atomic E-state index is 1.02. The zero-order chi connectivity index (χ0) is 9.68. The molecule has 3 heteroatoms. The summed E-state index contributed by atoms with van der Waals surface area (Å²) in [6, 6.07) is 0. The summed E-state index contributed by atoms with van der Waals surface area (Å²) in [5.41, 5.74) is 0. The van der Waals surface area contributed by atoms with Crippen LogP contribution in [0.3, 0.4) is 0 Å². The van der Waals surface area contributed by atoms with Gasteiger partial charge in [0, 0.05) is 25.4 Å². The van der Waals surface area contributed by atoms with Crippen molar-refractivity contribution in [2.24, 2.45) is 0 Å². The van der Waals surface area contributed by atoms with E-state index >= 15 is 0 Å². The van der Waals surface area contributed by atoms with Gasteiger partial charge in [-0.3, -0.25) is 0 Å². The number of aryl methyl sites for hydroxylation is 2. The molecule has 0 aliphatic rings.